The maximum atomic E-state index is 5.95. The molecule has 1 aromatic heterocycles. The number of hydrogen-bond donors (Lipinski definition) is 1. The number of nitrogens with zero attached hydrogens (tertiary/aromatic N) is 1. The monoisotopic (exact) mass is 252 g/mol. The fraction of sp³-hybridized carbons (Fsp3) is 0.250. The van der Waals surface area contributed by atoms with E-state index in [1.54, 1.807) is 11.3 Å². The summed E-state index contributed by atoms with van der Waals surface area (Å²) in [4.78, 5) is 4.24. The Hall–Kier alpha value is -1.06. The molecule has 1 N–H and O–H groups in total. The molecule has 0 atom stereocenters. The maximum absolute atomic E-state index is 5.95. The van der Waals surface area contributed by atoms with Crippen molar-refractivity contribution in [2.45, 2.75) is 13.3 Å². The van der Waals surface area contributed by atoms with Gasteiger partial charge in [-0.05, 0) is 24.6 Å². The maximum Gasteiger partial charge on any atom is 0.0942 e. The van der Waals surface area contributed by atoms with Crippen molar-refractivity contribution >= 4 is 28.6 Å². The molecule has 0 saturated carbocycles. The molecule has 1 aromatic carbocycles. The smallest absolute Gasteiger partial charge is 0.0942 e. The van der Waals surface area contributed by atoms with Gasteiger partial charge in [0.05, 0.1) is 5.01 Å². The van der Waals surface area contributed by atoms with Crippen molar-refractivity contribution in [2.24, 2.45) is 0 Å². The van der Waals surface area contributed by atoms with Gasteiger partial charge in [-0.3, -0.25) is 0 Å². The summed E-state index contributed by atoms with van der Waals surface area (Å²) in [7, 11) is 0. The van der Waals surface area contributed by atoms with Crippen LogP contribution in [0.15, 0.2) is 29.8 Å². The van der Waals surface area contributed by atoms with Gasteiger partial charge in [0.25, 0.3) is 0 Å². The lowest BCUT2D eigenvalue weighted by atomic mass is 10.2. The number of aryl methyl sites for hydroxylation is 1. The molecular weight excluding hydrogens is 240 g/mol. The summed E-state index contributed by atoms with van der Waals surface area (Å²) < 4.78 is 0. The van der Waals surface area contributed by atoms with Gasteiger partial charge in [0, 0.05) is 35.3 Å². The number of rotatable bonds is 4. The molecule has 0 radical (unpaired) electrons. The van der Waals surface area contributed by atoms with Crippen molar-refractivity contribution in [3.63, 3.8) is 0 Å². The van der Waals surface area contributed by atoms with Crippen LogP contribution < -0.4 is 5.32 Å². The molecule has 0 spiro atoms. The van der Waals surface area contributed by atoms with Gasteiger partial charge in [-0.25, -0.2) is 4.98 Å². The Morgan fingerprint density at radius 2 is 2.31 bits per heavy atom. The van der Waals surface area contributed by atoms with Crippen LogP contribution >= 0.6 is 22.9 Å². The van der Waals surface area contributed by atoms with Gasteiger partial charge in [0.2, 0.25) is 0 Å². The predicted molar refractivity (Wildman–Crippen MR) is 70.5 cm³/mol. The lowest BCUT2D eigenvalue weighted by Gasteiger charge is -2.08. The normalized spacial score (nSPS) is 10.4. The predicted octanol–water partition coefficient (Wildman–Crippen LogP) is 3.76. The zero-order valence-corrected chi connectivity index (χ0v) is 10.6. The van der Waals surface area contributed by atoms with Crippen LogP contribution in [-0.2, 0) is 6.42 Å². The lowest BCUT2D eigenvalue weighted by Crippen LogP contribution is -2.05. The van der Waals surface area contributed by atoms with Gasteiger partial charge >= 0.3 is 0 Å². The molecule has 16 heavy (non-hydrogen) atoms. The topological polar surface area (TPSA) is 24.9 Å². The Bertz CT molecular complexity index is 454. The van der Waals surface area contributed by atoms with Crippen LogP contribution in [-0.4, -0.2) is 11.5 Å². The van der Waals surface area contributed by atoms with Gasteiger partial charge in [-0.15, -0.1) is 11.3 Å². The second-order valence-corrected chi connectivity index (χ2v) is 4.98. The van der Waals surface area contributed by atoms with E-state index in [1.165, 1.54) is 5.56 Å². The third kappa shape index (κ3) is 2.97. The van der Waals surface area contributed by atoms with Crippen molar-refractivity contribution in [1.29, 1.82) is 0 Å². The summed E-state index contributed by atoms with van der Waals surface area (Å²) in [6.07, 6.45) is 2.79. The van der Waals surface area contributed by atoms with Gasteiger partial charge in [-0.1, -0.05) is 17.7 Å². The molecule has 0 unspecified atom stereocenters. The highest BCUT2D eigenvalue weighted by Gasteiger charge is 1.99. The minimum Gasteiger partial charge on any atom is -0.384 e. The molecule has 1 heterocycles. The first-order valence-corrected chi connectivity index (χ1v) is 6.40. The first kappa shape index (κ1) is 11.4. The van der Waals surface area contributed by atoms with Gasteiger partial charge in [0.15, 0.2) is 0 Å². The van der Waals surface area contributed by atoms with Crippen LogP contribution in [0.1, 0.15) is 10.6 Å². The van der Waals surface area contributed by atoms with Gasteiger partial charge in [0.1, 0.15) is 0 Å². The number of hydrogen-bond acceptors (Lipinski definition) is 3. The molecule has 84 valence electrons. The fourth-order valence-corrected chi connectivity index (χ4v) is 2.26. The molecular formula is C12H13ClN2S. The lowest BCUT2D eigenvalue weighted by molar-refractivity contribution is 0.996. The van der Waals surface area contributed by atoms with Crippen molar-refractivity contribution in [3.05, 3.63) is 45.4 Å². The van der Waals surface area contributed by atoms with E-state index in [2.05, 4.69) is 17.2 Å². The summed E-state index contributed by atoms with van der Waals surface area (Å²) in [6, 6.07) is 5.88. The highest BCUT2D eigenvalue weighted by atomic mass is 35.5. The number of benzene rings is 1. The quantitative estimate of drug-likeness (QED) is 0.896. The summed E-state index contributed by atoms with van der Waals surface area (Å²) in [5.74, 6) is 0. The van der Waals surface area contributed by atoms with E-state index in [9.17, 15) is 0 Å². The van der Waals surface area contributed by atoms with E-state index < -0.39 is 0 Å². The van der Waals surface area contributed by atoms with E-state index in [4.69, 9.17) is 11.6 Å². The summed E-state index contributed by atoms with van der Waals surface area (Å²) in [6.45, 7) is 2.96. The fourth-order valence-electron chi connectivity index (χ4n) is 1.47. The Labute approximate surface area is 104 Å². The Balaban J connectivity index is 1.92. The van der Waals surface area contributed by atoms with E-state index in [-0.39, 0.29) is 0 Å². The van der Waals surface area contributed by atoms with Gasteiger partial charge in [-0.2, -0.15) is 0 Å². The highest BCUT2D eigenvalue weighted by Crippen LogP contribution is 2.20. The highest BCUT2D eigenvalue weighted by molar-refractivity contribution is 7.09. The number of nitrogens with one attached hydrogen (secondary N) is 1. The van der Waals surface area contributed by atoms with E-state index in [1.807, 2.05) is 29.8 Å². The van der Waals surface area contributed by atoms with Crippen molar-refractivity contribution in [1.82, 2.24) is 4.98 Å². The van der Waals surface area contributed by atoms with Crippen molar-refractivity contribution < 1.29 is 0 Å². The first-order valence-electron chi connectivity index (χ1n) is 5.14. The molecule has 0 amide bonds. The van der Waals surface area contributed by atoms with Crippen molar-refractivity contribution in [2.75, 3.05) is 11.9 Å². The largest absolute Gasteiger partial charge is 0.384 e. The number of aromatic nitrogens is 1. The number of anilines is 1. The summed E-state index contributed by atoms with van der Waals surface area (Å²) in [5, 5.41) is 7.30. The molecule has 2 rings (SSSR count). The molecule has 0 aliphatic carbocycles. The minimum absolute atomic E-state index is 0.766. The Morgan fingerprint density at radius 3 is 3.06 bits per heavy atom. The van der Waals surface area contributed by atoms with E-state index in [0.29, 0.717) is 0 Å². The second-order valence-electron chi connectivity index (χ2n) is 3.56. The minimum atomic E-state index is 0.766. The Morgan fingerprint density at radius 1 is 1.44 bits per heavy atom. The van der Waals surface area contributed by atoms with E-state index >= 15 is 0 Å². The van der Waals surface area contributed by atoms with Gasteiger partial charge < -0.3 is 5.32 Å². The van der Waals surface area contributed by atoms with Crippen molar-refractivity contribution in [3.8, 4) is 0 Å². The molecule has 0 saturated heterocycles. The first-order chi connectivity index (χ1) is 7.75. The SMILES string of the molecule is Cc1ccc(Cl)cc1NCCc1nccs1. The molecule has 0 bridgehead atoms. The molecule has 2 nitrogen and oxygen atoms in total. The zero-order valence-electron chi connectivity index (χ0n) is 9.03. The van der Waals surface area contributed by atoms with Crippen LogP contribution in [0.2, 0.25) is 5.02 Å². The van der Waals surface area contributed by atoms with Crippen LogP contribution in [0.3, 0.4) is 0 Å². The third-order valence-electron chi connectivity index (χ3n) is 2.34. The molecule has 0 fully saturated rings. The second kappa shape index (κ2) is 5.32. The third-order valence-corrected chi connectivity index (χ3v) is 3.41. The van der Waals surface area contributed by atoms with Crippen LogP contribution in [0.25, 0.3) is 0 Å². The zero-order chi connectivity index (χ0) is 11.4. The van der Waals surface area contributed by atoms with Crippen LogP contribution in [0, 0.1) is 6.92 Å². The average molecular weight is 253 g/mol. The summed E-state index contributed by atoms with van der Waals surface area (Å²) >= 11 is 7.63. The summed E-state index contributed by atoms with van der Waals surface area (Å²) in [5.41, 5.74) is 2.31. The molecule has 0 aliphatic heterocycles. The average Bonchev–Trinajstić information content (AvgIpc) is 2.76. The molecule has 4 heteroatoms. The number of halogens is 1. The molecule has 0 aliphatic rings. The number of thiazole rings is 1. The molecule has 2 aromatic rings. The van der Waals surface area contributed by atoms with Crippen LogP contribution in [0.5, 0.6) is 0 Å². The van der Waals surface area contributed by atoms with Crippen LogP contribution in [0.4, 0.5) is 5.69 Å². The standard InChI is InChI=1S/C12H13ClN2S/c1-9-2-3-10(13)8-11(9)14-5-4-12-15-6-7-16-12/h2-3,6-8,14H,4-5H2,1H3. The Kier molecular flexibility index (Phi) is 3.80. The van der Waals surface area contributed by atoms with E-state index in [0.717, 1.165) is 28.7 Å².